The van der Waals surface area contributed by atoms with Crippen LogP contribution in [0.1, 0.15) is 36.1 Å². The third-order valence-corrected chi connectivity index (χ3v) is 8.68. The summed E-state index contributed by atoms with van der Waals surface area (Å²) in [6.45, 7) is 13.8. The number of carbonyl (C=O) groups is 2. The third-order valence-electron chi connectivity index (χ3n) is 8.68. The van der Waals surface area contributed by atoms with E-state index < -0.39 is 17.4 Å². The molecule has 0 aliphatic heterocycles. The van der Waals surface area contributed by atoms with E-state index in [1.807, 2.05) is 38.1 Å². The van der Waals surface area contributed by atoms with E-state index >= 15 is 0 Å². The highest BCUT2D eigenvalue weighted by Gasteiger charge is 2.45. The number of fused-ring (bicyclic) bond motifs is 3. The summed E-state index contributed by atoms with van der Waals surface area (Å²) in [6, 6.07) is 33.8. The summed E-state index contributed by atoms with van der Waals surface area (Å²) in [5.74, 6) is 0.777. The molecule has 1 aliphatic carbocycles. The van der Waals surface area contributed by atoms with Gasteiger partial charge >= 0.3 is 11.9 Å². The maximum absolute atomic E-state index is 11.3. The van der Waals surface area contributed by atoms with Crippen LogP contribution in [-0.2, 0) is 34.0 Å². The molecule has 4 aromatic carbocycles. The van der Waals surface area contributed by atoms with E-state index in [0.717, 1.165) is 34.8 Å². The summed E-state index contributed by atoms with van der Waals surface area (Å²) in [5.41, 5.74) is 6.57. The average molecular weight is 691 g/mol. The normalized spacial score (nSPS) is 13.6. The van der Waals surface area contributed by atoms with Crippen LogP contribution in [0, 0.1) is 11.8 Å². The van der Waals surface area contributed by atoms with Crippen LogP contribution in [-0.4, -0.2) is 64.8 Å². The van der Waals surface area contributed by atoms with Crippen molar-refractivity contribution < 1.29 is 38.0 Å². The fourth-order valence-electron chi connectivity index (χ4n) is 6.29. The molecule has 0 spiro atoms. The lowest BCUT2D eigenvalue weighted by molar-refractivity contribution is -0.140. The number of carbonyl (C=O) groups excluding carboxylic acids is 2. The zero-order valence-electron chi connectivity index (χ0n) is 29.4. The summed E-state index contributed by atoms with van der Waals surface area (Å²) in [5, 5.41) is 0. The molecule has 0 radical (unpaired) electrons. The average Bonchev–Trinajstić information content (AvgIpc) is 3.47. The van der Waals surface area contributed by atoms with Crippen molar-refractivity contribution in [2.75, 3.05) is 52.9 Å². The van der Waals surface area contributed by atoms with Crippen LogP contribution in [0.4, 0.5) is 0 Å². The molecule has 0 amide bonds. The summed E-state index contributed by atoms with van der Waals surface area (Å²) in [4.78, 5) is 22.5. The van der Waals surface area contributed by atoms with Gasteiger partial charge in [-0.05, 0) is 57.6 Å². The van der Waals surface area contributed by atoms with Crippen LogP contribution in [0.2, 0.25) is 0 Å². The standard InChI is InChI=1S/C43H46O8/c1-5-41(44)50-29-31(3)27-46-23-25-48-35-19-15-33(16-20-35)43(39-13-9-7-11-37(39)38-12-8-10-14-40(38)43)34-17-21-36(22-18-34)49-26-24-47-28-32(4)30-51-42(45)6-2/h5-22,31-32H,1-2,23-30H2,3-4H3. The highest BCUT2D eigenvalue weighted by molar-refractivity contribution is 5.86. The Hall–Kier alpha value is -5.18. The minimum atomic E-state index is -0.549. The Labute approximate surface area is 300 Å². The molecule has 51 heavy (non-hydrogen) atoms. The van der Waals surface area contributed by atoms with Gasteiger partial charge in [0.25, 0.3) is 0 Å². The zero-order valence-corrected chi connectivity index (χ0v) is 29.4. The molecule has 0 saturated heterocycles. The largest absolute Gasteiger partial charge is 0.491 e. The molecule has 1 aliphatic rings. The molecule has 0 N–H and O–H groups in total. The summed E-state index contributed by atoms with van der Waals surface area (Å²) in [6.07, 6.45) is 2.31. The fourth-order valence-corrected chi connectivity index (χ4v) is 6.29. The van der Waals surface area contributed by atoms with Crippen molar-refractivity contribution in [3.05, 3.63) is 145 Å². The van der Waals surface area contributed by atoms with Gasteiger partial charge in [0.1, 0.15) is 24.7 Å². The Morgan fingerprint density at radius 1 is 0.569 bits per heavy atom. The van der Waals surface area contributed by atoms with Crippen LogP contribution in [0.25, 0.3) is 11.1 Å². The van der Waals surface area contributed by atoms with Crippen molar-refractivity contribution in [2.24, 2.45) is 11.8 Å². The van der Waals surface area contributed by atoms with Crippen LogP contribution < -0.4 is 9.47 Å². The lowest BCUT2D eigenvalue weighted by Gasteiger charge is -2.34. The highest BCUT2D eigenvalue weighted by atomic mass is 16.5. The van der Waals surface area contributed by atoms with Gasteiger partial charge in [-0.3, -0.25) is 0 Å². The molecular formula is C43H46O8. The predicted molar refractivity (Wildman–Crippen MR) is 197 cm³/mol. The SMILES string of the molecule is C=CC(=O)OCC(C)COCCOc1ccc(C2(c3ccc(OCCOCC(C)COC(=O)C=C)cc3)c3ccccc3-c3ccccc32)cc1. The Kier molecular flexibility index (Phi) is 13.2. The van der Waals surface area contributed by atoms with E-state index in [9.17, 15) is 9.59 Å². The molecule has 0 heterocycles. The van der Waals surface area contributed by atoms with Gasteiger partial charge in [-0.25, -0.2) is 9.59 Å². The maximum Gasteiger partial charge on any atom is 0.330 e. The lowest BCUT2D eigenvalue weighted by atomic mass is 9.68. The smallest absolute Gasteiger partial charge is 0.330 e. The number of rotatable bonds is 20. The number of esters is 2. The van der Waals surface area contributed by atoms with Gasteiger partial charge in [-0.2, -0.15) is 0 Å². The first kappa shape index (κ1) is 37.1. The first-order valence-electron chi connectivity index (χ1n) is 17.3. The van der Waals surface area contributed by atoms with Crippen molar-refractivity contribution in [3.63, 3.8) is 0 Å². The van der Waals surface area contributed by atoms with Crippen LogP contribution >= 0.6 is 0 Å². The van der Waals surface area contributed by atoms with Crippen molar-refractivity contribution in [1.82, 2.24) is 0 Å². The summed E-state index contributed by atoms with van der Waals surface area (Å²) in [7, 11) is 0. The Bertz CT molecular complexity index is 1630. The minimum Gasteiger partial charge on any atom is -0.491 e. The molecule has 8 nitrogen and oxygen atoms in total. The second-order valence-electron chi connectivity index (χ2n) is 12.6. The zero-order chi connectivity index (χ0) is 36.1. The van der Waals surface area contributed by atoms with Gasteiger partial charge in [-0.1, -0.05) is 99.8 Å². The Morgan fingerprint density at radius 3 is 1.35 bits per heavy atom. The second-order valence-corrected chi connectivity index (χ2v) is 12.6. The molecule has 8 heteroatoms. The summed E-state index contributed by atoms with van der Waals surface area (Å²) < 4.78 is 33.7. The van der Waals surface area contributed by atoms with Crippen LogP contribution in [0.5, 0.6) is 11.5 Å². The van der Waals surface area contributed by atoms with E-state index in [0.29, 0.717) is 39.6 Å². The van der Waals surface area contributed by atoms with Crippen molar-refractivity contribution in [2.45, 2.75) is 19.3 Å². The monoisotopic (exact) mass is 690 g/mol. The molecule has 0 fully saturated rings. The predicted octanol–water partition coefficient (Wildman–Crippen LogP) is 7.57. The number of ether oxygens (including phenoxy) is 6. The number of hydrogen-bond acceptors (Lipinski definition) is 8. The van der Waals surface area contributed by atoms with E-state index in [1.165, 1.54) is 22.3 Å². The molecule has 0 bridgehead atoms. The lowest BCUT2D eigenvalue weighted by Crippen LogP contribution is -2.28. The van der Waals surface area contributed by atoms with Gasteiger partial charge in [0.2, 0.25) is 0 Å². The van der Waals surface area contributed by atoms with Gasteiger partial charge in [0, 0.05) is 24.0 Å². The van der Waals surface area contributed by atoms with E-state index in [2.05, 4.69) is 86.0 Å². The summed E-state index contributed by atoms with van der Waals surface area (Å²) >= 11 is 0. The third kappa shape index (κ3) is 9.14. The van der Waals surface area contributed by atoms with Crippen LogP contribution in [0.3, 0.4) is 0 Å². The first-order valence-corrected chi connectivity index (χ1v) is 17.3. The fraction of sp³-hybridized carbons (Fsp3) is 0.302. The number of benzene rings is 4. The first-order chi connectivity index (χ1) is 24.9. The van der Waals surface area contributed by atoms with E-state index in [4.69, 9.17) is 28.4 Å². The molecule has 2 atom stereocenters. The van der Waals surface area contributed by atoms with Gasteiger partial charge in [-0.15, -0.1) is 0 Å². The minimum absolute atomic E-state index is 0.0679. The molecular weight excluding hydrogens is 644 g/mol. The number of hydrogen-bond donors (Lipinski definition) is 0. The van der Waals surface area contributed by atoms with Crippen molar-refractivity contribution in [1.29, 1.82) is 0 Å². The molecule has 0 saturated carbocycles. The quantitative estimate of drug-likeness (QED) is 0.0470. The Morgan fingerprint density at radius 2 is 0.961 bits per heavy atom. The van der Waals surface area contributed by atoms with Gasteiger partial charge in [0.05, 0.1) is 45.1 Å². The Balaban J connectivity index is 1.26. The van der Waals surface area contributed by atoms with E-state index in [-0.39, 0.29) is 25.0 Å². The maximum atomic E-state index is 11.3. The highest BCUT2D eigenvalue weighted by Crippen LogP contribution is 2.56. The molecule has 266 valence electrons. The molecule has 2 unspecified atom stereocenters. The van der Waals surface area contributed by atoms with Crippen LogP contribution in [0.15, 0.2) is 122 Å². The van der Waals surface area contributed by atoms with Crippen molar-refractivity contribution in [3.8, 4) is 22.6 Å². The van der Waals surface area contributed by atoms with Crippen molar-refractivity contribution >= 4 is 11.9 Å². The molecule has 0 aromatic heterocycles. The molecule has 5 rings (SSSR count). The van der Waals surface area contributed by atoms with Gasteiger partial charge in [0.15, 0.2) is 0 Å². The molecule has 4 aromatic rings. The van der Waals surface area contributed by atoms with Gasteiger partial charge < -0.3 is 28.4 Å². The topological polar surface area (TPSA) is 89.5 Å². The second kappa shape index (κ2) is 18.2. The van der Waals surface area contributed by atoms with E-state index in [1.54, 1.807) is 0 Å².